The van der Waals surface area contributed by atoms with Gasteiger partial charge >= 0.3 is 0 Å². The Bertz CT molecular complexity index is 788. The van der Waals surface area contributed by atoms with Crippen molar-refractivity contribution in [3.8, 4) is 0 Å². The summed E-state index contributed by atoms with van der Waals surface area (Å²) >= 11 is 5.88. The number of hydrogen-bond donors (Lipinski definition) is 1. The van der Waals surface area contributed by atoms with E-state index in [-0.39, 0.29) is 18.0 Å². The molecular weight excluding hydrogens is 412 g/mol. The van der Waals surface area contributed by atoms with E-state index in [9.17, 15) is 13.2 Å². The van der Waals surface area contributed by atoms with Gasteiger partial charge in [-0.1, -0.05) is 30.9 Å². The summed E-state index contributed by atoms with van der Waals surface area (Å²) in [5, 5.41) is 3.51. The van der Waals surface area contributed by atoms with Crippen molar-refractivity contribution >= 4 is 33.4 Å². The number of rotatable bonds is 6. The third-order valence-corrected chi connectivity index (χ3v) is 8.39. The van der Waals surface area contributed by atoms with Crippen LogP contribution in [0.2, 0.25) is 5.02 Å². The Hall–Kier alpha value is -1.19. The van der Waals surface area contributed by atoms with Gasteiger partial charge in [-0.15, -0.1) is 0 Å². The van der Waals surface area contributed by atoms with Gasteiger partial charge in [-0.3, -0.25) is 9.69 Å². The lowest BCUT2D eigenvalue weighted by Crippen LogP contribution is -2.57. The predicted octanol–water partition coefficient (Wildman–Crippen LogP) is 2.79. The van der Waals surface area contributed by atoms with Crippen LogP contribution in [0.1, 0.15) is 39.0 Å². The third kappa shape index (κ3) is 5.49. The summed E-state index contributed by atoms with van der Waals surface area (Å²) in [6, 6.07) is 6.75. The van der Waals surface area contributed by atoms with Gasteiger partial charge in [-0.2, -0.15) is 17.0 Å². The summed E-state index contributed by atoms with van der Waals surface area (Å²) in [6.07, 6.45) is 5.27. The smallest absolute Gasteiger partial charge is 0.282 e. The Labute approximate surface area is 179 Å². The van der Waals surface area contributed by atoms with Crippen molar-refractivity contribution in [1.82, 2.24) is 13.5 Å². The maximum atomic E-state index is 13.0. The number of nitrogens with zero attached hydrogens (tertiary/aromatic N) is 3. The van der Waals surface area contributed by atoms with Crippen molar-refractivity contribution < 1.29 is 13.2 Å². The lowest BCUT2D eigenvalue weighted by atomic mass is 9.96. The Morgan fingerprint density at radius 2 is 1.69 bits per heavy atom. The molecule has 1 aliphatic heterocycles. The van der Waals surface area contributed by atoms with Crippen molar-refractivity contribution in [2.75, 3.05) is 38.5 Å². The van der Waals surface area contributed by atoms with Crippen LogP contribution < -0.4 is 5.32 Å². The number of piperazine rings is 1. The van der Waals surface area contributed by atoms with Crippen LogP contribution in [-0.4, -0.2) is 73.1 Å². The molecule has 2 fully saturated rings. The molecule has 1 saturated heterocycles. The van der Waals surface area contributed by atoms with E-state index in [0.29, 0.717) is 36.9 Å². The van der Waals surface area contributed by atoms with Crippen molar-refractivity contribution in [3.63, 3.8) is 0 Å². The summed E-state index contributed by atoms with van der Waals surface area (Å²) in [4.78, 5) is 14.6. The normalized spacial score (nSPS) is 21.2. The van der Waals surface area contributed by atoms with E-state index in [1.54, 1.807) is 39.9 Å². The number of carbonyl (C=O) groups is 1. The molecule has 1 amide bonds. The summed E-state index contributed by atoms with van der Waals surface area (Å²) in [5.41, 5.74) is 0.696. The largest absolute Gasteiger partial charge is 0.325 e. The van der Waals surface area contributed by atoms with E-state index in [2.05, 4.69) is 5.32 Å². The van der Waals surface area contributed by atoms with Gasteiger partial charge in [0.25, 0.3) is 10.2 Å². The zero-order chi connectivity index (χ0) is 21.0. The minimum absolute atomic E-state index is 0.107. The minimum Gasteiger partial charge on any atom is -0.325 e. The molecule has 1 saturated carbocycles. The first kappa shape index (κ1) is 22.5. The standard InChI is InChI=1S/C20H31ClN4O3S/c1-16(20(26)22-18-10-8-17(21)9-11-18)24-12-14-25(15-13-24)29(27,28)23(2)19-6-4-3-5-7-19/h8-11,16,19H,3-7,12-15H2,1-2H3,(H,22,26). The van der Waals surface area contributed by atoms with Crippen molar-refractivity contribution in [2.45, 2.75) is 51.1 Å². The minimum atomic E-state index is -3.46. The molecule has 1 unspecified atom stereocenters. The van der Waals surface area contributed by atoms with E-state index in [1.165, 1.54) is 6.42 Å². The summed E-state index contributed by atoms with van der Waals surface area (Å²) in [6.45, 7) is 3.72. The van der Waals surface area contributed by atoms with Crippen LogP contribution in [0.25, 0.3) is 0 Å². The molecule has 29 heavy (non-hydrogen) atoms. The first-order valence-corrected chi connectivity index (χ1v) is 12.1. The van der Waals surface area contributed by atoms with Crippen LogP contribution in [0.3, 0.4) is 0 Å². The Morgan fingerprint density at radius 3 is 2.28 bits per heavy atom. The van der Waals surface area contributed by atoms with E-state index in [4.69, 9.17) is 11.6 Å². The van der Waals surface area contributed by atoms with Crippen molar-refractivity contribution in [3.05, 3.63) is 29.3 Å². The molecule has 162 valence electrons. The van der Waals surface area contributed by atoms with E-state index in [0.717, 1.165) is 25.7 Å². The summed E-state index contributed by atoms with van der Waals surface area (Å²) in [5.74, 6) is -0.108. The molecule has 0 radical (unpaired) electrons. The predicted molar refractivity (Wildman–Crippen MR) is 116 cm³/mol. The lowest BCUT2D eigenvalue weighted by Gasteiger charge is -2.40. The lowest BCUT2D eigenvalue weighted by molar-refractivity contribution is -0.121. The highest BCUT2D eigenvalue weighted by atomic mass is 35.5. The molecule has 1 aromatic carbocycles. The Kier molecular flexibility index (Phi) is 7.56. The van der Waals surface area contributed by atoms with Crippen molar-refractivity contribution in [2.24, 2.45) is 0 Å². The maximum Gasteiger partial charge on any atom is 0.282 e. The number of amides is 1. The van der Waals surface area contributed by atoms with Crippen LogP contribution in [0.4, 0.5) is 5.69 Å². The van der Waals surface area contributed by atoms with Gasteiger partial charge in [0.2, 0.25) is 5.91 Å². The number of anilines is 1. The van der Waals surface area contributed by atoms with Gasteiger partial charge < -0.3 is 5.32 Å². The van der Waals surface area contributed by atoms with Crippen LogP contribution in [-0.2, 0) is 15.0 Å². The van der Waals surface area contributed by atoms with Gasteiger partial charge in [0.15, 0.2) is 0 Å². The topological polar surface area (TPSA) is 73.0 Å². The average molecular weight is 443 g/mol. The monoisotopic (exact) mass is 442 g/mol. The quantitative estimate of drug-likeness (QED) is 0.735. The Morgan fingerprint density at radius 1 is 1.10 bits per heavy atom. The molecule has 9 heteroatoms. The van der Waals surface area contributed by atoms with Gasteiger partial charge in [0.05, 0.1) is 6.04 Å². The zero-order valence-corrected chi connectivity index (χ0v) is 18.8. The molecule has 0 aromatic heterocycles. The van der Waals surface area contributed by atoms with Crippen LogP contribution in [0, 0.1) is 0 Å². The van der Waals surface area contributed by atoms with E-state index in [1.807, 2.05) is 11.8 Å². The highest BCUT2D eigenvalue weighted by Crippen LogP contribution is 2.25. The highest BCUT2D eigenvalue weighted by molar-refractivity contribution is 7.86. The average Bonchev–Trinajstić information content (AvgIpc) is 2.75. The molecular formula is C20H31ClN4O3S. The molecule has 1 atom stereocenters. The highest BCUT2D eigenvalue weighted by Gasteiger charge is 2.36. The number of benzene rings is 1. The molecule has 1 aliphatic carbocycles. The first-order chi connectivity index (χ1) is 13.8. The molecule has 1 heterocycles. The molecule has 1 aromatic rings. The summed E-state index contributed by atoms with van der Waals surface area (Å²) in [7, 11) is -1.75. The second kappa shape index (κ2) is 9.75. The van der Waals surface area contributed by atoms with Crippen molar-refractivity contribution in [1.29, 1.82) is 0 Å². The van der Waals surface area contributed by atoms with Gasteiger partial charge in [0, 0.05) is 50.0 Å². The second-order valence-corrected chi connectivity index (χ2v) is 10.3. The van der Waals surface area contributed by atoms with Crippen LogP contribution >= 0.6 is 11.6 Å². The number of carbonyl (C=O) groups excluding carboxylic acids is 1. The maximum absolute atomic E-state index is 13.0. The van der Waals surface area contributed by atoms with E-state index >= 15 is 0 Å². The van der Waals surface area contributed by atoms with Gasteiger partial charge in [-0.05, 0) is 44.0 Å². The number of nitrogens with one attached hydrogen (secondary N) is 1. The fraction of sp³-hybridized carbons (Fsp3) is 0.650. The van der Waals surface area contributed by atoms with E-state index < -0.39 is 10.2 Å². The molecule has 2 aliphatic rings. The molecule has 1 N–H and O–H groups in total. The SMILES string of the molecule is CC(C(=O)Nc1ccc(Cl)cc1)N1CCN(S(=O)(=O)N(C)C2CCCCC2)CC1. The Balaban J connectivity index is 1.53. The van der Waals surface area contributed by atoms with Crippen LogP contribution in [0.15, 0.2) is 24.3 Å². The fourth-order valence-electron chi connectivity index (χ4n) is 4.08. The third-order valence-electron chi connectivity index (χ3n) is 6.09. The molecule has 7 nitrogen and oxygen atoms in total. The molecule has 3 rings (SSSR count). The fourth-order valence-corrected chi connectivity index (χ4v) is 5.79. The summed E-state index contributed by atoms with van der Waals surface area (Å²) < 4.78 is 29.1. The zero-order valence-electron chi connectivity index (χ0n) is 17.2. The number of hydrogen-bond acceptors (Lipinski definition) is 4. The van der Waals surface area contributed by atoms with Gasteiger partial charge in [-0.25, -0.2) is 0 Å². The van der Waals surface area contributed by atoms with Crippen LogP contribution in [0.5, 0.6) is 0 Å². The number of halogens is 1. The first-order valence-electron chi connectivity index (χ1n) is 10.3. The molecule has 0 spiro atoms. The second-order valence-electron chi connectivity index (χ2n) is 7.92. The van der Waals surface area contributed by atoms with Gasteiger partial charge in [0.1, 0.15) is 0 Å². The molecule has 0 bridgehead atoms.